The zero-order valence-corrected chi connectivity index (χ0v) is 14.4. The monoisotopic (exact) mass is 344 g/mol. The van der Waals surface area contributed by atoms with E-state index in [1.165, 1.54) is 0 Å². The molecule has 0 spiro atoms. The summed E-state index contributed by atoms with van der Waals surface area (Å²) in [5.41, 5.74) is 8.43. The molecule has 0 aliphatic carbocycles. The Morgan fingerprint density at radius 3 is 2.88 bits per heavy atom. The van der Waals surface area contributed by atoms with Crippen molar-refractivity contribution in [2.45, 2.75) is 51.4 Å². The normalized spacial score (nSPS) is 21.3. The summed E-state index contributed by atoms with van der Waals surface area (Å²) in [5.74, 6) is -0.796. The zero-order chi connectivity index (χ0) is 18.0. The van der Waals surface area contributed by atoms with Crippen LogP contribution >= 0.6 is 0 Å². The standard InChI is InChI=1S/C18H24N4O3/c1-2-13(19)9-20-8-11-4-3-5-12-10-22(18(25)16(11)12)14-6-7-15(23)21-17(14)24/h3-5,13-14,20H,2,6-10,19H2,1H3,(H,21,23,24)/t13-,14?/m1/s1. The molecule has 0 saturated carbocycles. The molecule has 134 valence electrons. The van der Waals surface area contributed by atoms with Crippen molar-refractivity contribution in [3.8, 4) is 0 Å². The van der Waals surface area contributed by atoms with E-state index in [1.807, 2.05) is 25.1 Å². The van der Waals surface area contributed by atoms with Gasteiger partial charge in [0.1, 0.15) is 6.04 Å². The van der Waals surface area contributed by atoms with Crippen molar-refractivity contribution >= 4 is 17.7 Å². The zero-order valence-electron chi connectivity index (χ0n) is 14.4. The van der Waals surface area contributed by atoms with Gasteiger partial charge in [-0.2, -0.15) is 0 Å². The highest BCUT2D eigenvalue weighted by Gasteiger charge is 2.39. The third-order valence-corrected chi connectivity index (χ3v) is 4.89. The highest BCUT2D eigenvalue weighted by Crippen LogP contribution is 2.29. The maximum Gasteiger partial charge on any atom is 0.255 e. The predicted octanol–water partition coefficient (Wildman–Crippen LogP) is 0.275. The van der Waals surface area contributed by atoms with Gasteiger partial charge in [-0.05, 0) is 24.0 Å². The van der Waals surface area contributed by atoms with Gasteiger partial charge in [0.2, 0.25) is 11.8 Å². The van der Waals surface area contributed by atoms with Gasteiger partial charge in [0.25, 0.3) is 5.91 Å². The largest absolute Gasteiger partial charge is 0.327 e. The molecule has 3 rings (SSSR count). The Labute approximate surface area is 146 Å². The third-order valence-electron chi connectivity index (χ3n) is 4.89. The average Bonchev–Trinajstić information content (AvgIpc) is 2.92. The molecule has 2 aliphatic heterocycles. The lowest BCUT2D eigenvalue weighted by molar-refractivity contribution is -0.136. The molecular weight excluding hydrogens is 320 g/mol. The first-order valence-corrected chi connectivity index (χ1v) is 8.73. The van der Waals surface area contributed by atoms with E-state index in [-0.39, 0.29) is 30.2 Å². The average molecular weight is 344 g/mol. The lowest BCUT2D eigenvalue weighted by Crippen LogP contribution is -2.52. The molecule has 1 fully saturated rings. The van der Waals surface area contributed by atoms with Crippen molar-refractivity contribution in [3.63, 3.8) is 0 Å². The van der Waals surface area contributed by atoms with E-state index in [2.05, 4.69) is 10.6 Å². The molecule has 1 aromatic carbocycles. The van der Waals surface area contributed by atoms with Gasteiger partial charge in [0.15, 0.2) is 0 Å². The number of imide groups is 1. The van der Waals surface area contributed by atoms with Crippen molar-refractivity contribution in [1.82, 2.24) is 15.5 Å². The van der Waals surface area contributed by atoms with Gasteiger partial charge in [0, 0.05) is 37.7 Å². The fraction of sp³-hybridized carbons (Fsp3) is 0.500. The molecule has 1 unspecified atom stereocenters. The summed E-state index contributed by atoms with van der Waals surface area (Å²) >= 11 is 0. The quantitative estimate of drug-likeness (QED) is 0.643. The predicted molar refractivity (Wildman–Crippen MR) is 92.5 cm³/mol. The number of piperidine rings is 1. The molecule has 1 aromatic rings. The van der Waals surface area contributed by atoms with E-state index >= 15 is 0 Å². The van der Waals surface area contributed by atoms with Crippen LogP contribution in [0.3, 0.4) is 0 Å². The van der Waals surface area contributed by atoms with Gasteiger partial charge in [-0.25, -0.2) is 0 Å². The number of nitrogens with zero attached hydrogens (tertiary/aromatic N) is 1. The van der Waals surface area contributed by atoms with Crippen LogP contribution in [0.4, 0.5) is 0 Å². The minimum atomic E-state index is -0.577. The van der Waals surface area contributed by atoms with Gasteiger partial charge in [-0.15, -0.1) is 0 Å². The van der Waals surface area contributed by atoms with Crippen LogP contribution in [0.1, 0.15) is 47.7 Å². The minimum absolute atomic E-state index is 0.0902. The summed E-state index contributed by atoms with van der Waals surface area (Å²) in [6.07, 6.45) is 1.53. The molecule has 7 nitrogen and oxygen atoms in total. The number of nitrogens with two attached hydrogens (primary N) is 1. The summed E-state index contributed by atoms with van der Waals surface area (Å²) in [7, 11) is 0. The molecular formula is C18H24N4O3. The molecule has 2 heterocycles. The van der Waals surface area contributed by atoms with Crippen LogP contribution in [0.2, 0.25) is 0 Å². The molecule has 1 saturated heterocycles. The summed E-state index contributed by atoms with van der Waals surface area (Å²) in [4.78, 5) is 37.9. The van der Waals surface area contributed by atoms with E-state index in [4.69, 9.17) is 5.73 Å². The maximum atomic E-state index is 12.9. The molecule has 3 amide bonds. The van der Waals surface area contributed by atoms with Gasteiger partial charge in [-0.3, -0.25) is 19.7 Å². The van der Waals surface area contributed by atoms with Crippen LogP contribution in [-0.2, 0) is 22.7 Å². The number of amides is 3. The SMILES string of the molecule is CC[C@@H](N)CNCc1cccc2c1C(=O)N(C1CCC(=O)NC1=O)C2. The summed E-state index contributed by atoms with van der Waals surface area (Å²) in [6, 6.07) is 5.28. The van der Waals surface area contributed by atoms with Crippen molar-refractivity contribution in [2.75, 3.05) is 6.54 Å². The maximum absolute atomic E-state index is 12.9. The van der Waals surface area contributed by atoms with E-state index < -0.39 is 6.04 Å². The van der Waals surface area contributed by atoms with E-state index in [0.717, 1.165) is 17.5 Å². The first kappa shape index (κ1) is 17.6. The number of rotatable bonds is 6. The number of hydrogen-bond donors (Lipinski definition) is 3. The molecule has 2 aliphatic rings. The topological polar surface area (TPSA) is 105 Å². The van der Waals surface area contributed by atoms with E-state index in [0.29, 0.717) is 31.6 Å². The van der Waals surface area contributed by atoms with Crippen LogP contribution in [0.5, 0.6) is 0 Å². The van der Waals surface area contributed by atoms with Crippen LogP contribution in [-0.4, -0.2) is 41.2 Å². The van der Waals surface area contributed by atoms with Crippen molar-refractivity contribution in [2.24, 2.45) is 5.73 Å². The smallest absolute Gasteiger partial charge is 0.255 e. The Morgan fingerprint density at radius 2 is 2.16 bits per heavy atom. The van der Waals surface area contributed by atoms with Gasteiger partial charge < -0.3 is 16.0 Å². The van der Waals surface area contributed by atoms with Crippen LogP contribution in [0, 0.1) is 0 Å². The molecule has 0 bridgehead atoms. The van der Waals surface area contributed by atoms with Crippen LogP contribution in [0.25, 0.3) is 0 Å². The number of benzene rings is 1. The number of fused-ring (bicyclic) bond motifs is 1. The number of carbonyl (C=O) groups excluding carboxylic acids is 3. The number of hydrogen-bond acceptors (Lipinski definition) is 5. The van der Waals surface area contributed by atoms with Gasteiger partial charge >= 0.3 is 0 Å². The van der Waals surface area contributed by atoms with Gasteiger partial charge in [0.05, 0.1) is 0 Å². The lowest BCUT2D eigenvalue weighted by atomic mass is 10.0. The van der Waals surface area contributed by atoms with E-state index in [9.17, 15) is 14.4 Å². The van der Waals surface area contributed by atoms with Crippen molar-refractivity contribution in [3.05, 3.63) is 34.9 Å². The summed E-state index contributed by atoms with van der Waals surface area (Å²) in [5, 5.41) is 5.62. The van der Waals surface area contributed by atoms with Crippen LogP contribution in [0.15, 0.2) is 18.2 Å². The first-order chi connectivity index (χ1) is 12.0. The summed E-state index contributed by atoms with van der Waals surface area (Å²) < 4.78 is 0. The molecule has 0 aromatic heterocycles. The fourth-order valence-electron chi connectivity index (χ4n) is 3.37. The molecule has 4 N–H and O–H groups in total. The second-order valence-electron chi connectivity index (χ2n) is 6.65. The molecule has 7 heteroatoms. The fourth-order valence-corrected chi connectivity index (χ4v) is 3.37. The first-order valence-electron chi connectivity index (χ1n) is 8.73. The summed E-state index contributed by atoms with van der Waals surface area (Å²) in [6.45, 7) is 3.69. The third kappa shape index (κ3) is 3.57. The molecule has 2 atom stereocenters. The lowest BCUT2D eigenvalue weighted by Gasteiger charge is -2.29. The Morgan fingerprint density at radius 1 is 1.36 bits per heavy atom. The second kappa shape index (κ2) is 7.33. The Balaban J connectivity index is 1.74. The van der Waals surface area contributed by atoms with Crippen LogP contribution < -0.4 is 16.4 Å². The second-order valence-corrected chi connectivity index (χ2v) is 6.65. The van der Waals surface area contributed by atoms with Gasteiger partial charge in [-0.1, -0.05) is 25.1 Å². The van der Waals surface area contributed by atoms with E-state index in [1.54, 1.807) is 4.90 Å². The Bertz CT molecular complexity index is 704. The Kier molecular flexibility index (Phi) is 5.15. The van der Waals surface area contributed by atoms with Crippen molar-refractivity contribution in [1.29, 1.82) is 0 Å². The molecule has 0 radical (unpaired) electrons. The minimum Gasteiger partial charge on any atom is -0.327 e. The van der Waals surface area contributed by atoms with Crippen molar-refractivity contribution < 1.29 is 14.4 Å². The number of carbonyl (C=O) groups is 3. The Hall–Kier alpha value is -2.25. The number of nitrogens with one attached hydrogen (secondary N) is 2. The highest BCUT2D eigenvalue weighted by molar-refractivity contribution is 6.05. The highest BCUT2D eigenvalue weighted by atomic mass is 16.2. The molecule has 25 heavy (non-hydrogen) atoms.